The molecule has 0 fully saturated rings. The lowest BCUT2D eigenvalue weighted by Gasteiger charge is -2.20. The standard InChI is InChI=1S/C25H23N5O5S2/c1-18-4-12-23(13-5-18)37(34,35)30(2)21-10-6-19(7-11-21)24(31)28-20-8-14-22(15-9-20)36(32,33)29-25-26-16-3-17-27-25/h3-17H,1-2H3,(H,28,31)(H,26,27,29). The van der Waals surface area contributed by atoms with E-state index in [0.717, 1.165) is 9.87 Å². The molecular formula is C25H23N5O5S2. The zero-order valence-corrected chi connectivity index (χ0v) is 21.5. The van der Waals surface area contributed by atoms with Crippen LogP contribution in [0.1, 0.15) is 15.9 Å². The second-order valence-electron chi connectivity index (χ2n) is 7.99. The van der Waals surface area contributed by atoms with Crippen molar-refractivity contribution in [3.8, 4) is 0 Å². The molecule has 1 aromatic heterocycles. The largest absolute Gasteiger partial charge is 0.322 e. The fourth-order valence-electron chi connectivity index (χ4n) is 3.28. The van der Waals surface area contributed by atoms with Crippen LogP contribution in [0.2, 0.25) is 0 Å². The first-order valence-corrected chi connectivity index (χ1v) is 13.9. The Morgan fingerprint density at radius 2 is 1.35 bits per heavy atom. The summed E-state index contributed by atoms with van der Waals surface area (Å²) in [5.74, 6) is -0.498. The van der Waals surface area contributed by atoms with Gasteiger partial charge in [0, 0.05) is 30.7 Å². The van der Waals surface area contributed by atoms with Gasteiger partial charge in [0.1, 0.15) is 0 Å². The average Bonchev–Trinajstić information content (AvgIpc) is 2.89. The molecule has 0 spiro atoms. The second kappa shape index (κ2) is 10.4. The third kappa shape index (κ3) is 5.93. The highest BCUT2D eigenvalue weighted by molar-refractivity contribution is 7.93. The fraction of sp³-hybridized carbons (Fsp3) is 0.0800. The van der Waals surface area contributed by atoms with Crippen LogP contribution in [0.25, 0.3) is 0 Å². The van der Waals surface area contributed by atoms with E-state index in [1.165, 1.54) is 68.0 Å². The number of carbonyl (C=O) groups excluding carboxylic acids is 1. The Labute approximate surface area is 215 Å². The Kier molecular flexibility index (Phi) is 7.23. The summed E-state index contributed by atoms with van der Waals surface area (Å²) in [5, 5.41) is 2.69. The number of benzene rings is 3. The van der Waals surface area contributed by atoms with E-state index in [1.54, 1.807) is 30.3 Å². The predicted octanol–water partition coefficient (Wildman–Crippen LogP) is 3.66. The third-order valence-electron chi connectivity index (χ3n) is 5.39. The molecule has 2 N–H and O–H groups in total. The number of rotatable bonds is 8. The van der Waals surface area contributed by atoms with E-state index in [-0.39, 0.29) is 15.7 Å². The van der Waals surface area contributed by atoms with Gasteiger partial charge in [0.05, 0.1) is 15.5 Å². The van der Waals surface area contributed by atoms with Crippen molar-refractivity contribution in [2.24, 2.45) is 0 Å². The van der Waals surface area contributed by atoms with Crippen LogP contribution in [-0.4, -0.2) is 39.8 Å². The summed E-state index contributed by atoms with van der Waals surface area (Å²) in [6.45, 7) is 1.87. The highest BCUT2D eigenvalue weighted by atomic mass is 32.2. The molecule has 0 saturated heterocycles. The van der Waals surface area contributed by atoms with Gasteiger partial charge in [0.15, 0.2) is 0 Å². The molecule has 37 heavy (non-hydrogen) atoms. The molecule has 190 valence electrons. The number of amides is 1. The lowest BCUT2D eigenvalue weighted by Crippen LogP contribution is -2.26. The van der Waals surface area contributed by atoms with Crippen LogP contribution in [0.4, 0.5) is 17.3 Å². The lowest BCUT2D eigenvalue weighted by molar-refractivity contribution is 0.102. The van der Waals surface area contributed by atoms with Crippen molar-refractivity contribution in [2.75, 3.05) is 21.4 Å². The first-order chi connectivity index (χ1) is 17.6. The Balaban J connectivity index is 1.43. The average molecular weight is 538 g/mol. The number of sulfonamides is 2. The van der Waals surface area contributed by atoms with E-state index in [1.807, 2.05) is 6.92 Å². The minimum Gasteiger partial charge on any atom is -0.322 e. The number of hydrogen-bond acceptors (Lipinski definition) is 7. The maximum absolute atomic E-state index is 12.9. The van der Waals surface area contributed by atoms with Gasteiger partial charge >= 0.3 is 0 Å². The third-order valence-corrected chi connectivity index (χ3v) is 8.53. The van der Waals surface area contributed by atoms with Gasteiger partial charge in [-0.15, -0.1) is 0 Å². The molecule has 0 aliphatic carbocycles. The first-order valence-electron chi connectivity index (χ1n) is 10.9. The summed E-state index contributed by atoms with van der Waals surface area (Å²) in [7, 11) is -6.21. The molecule has 0 radical (unpaired) electrons. The van der Waals surface area contributed by atoms with Crippen molar-refractivity contribution in [1.29, 1.82) is 0 Å². The Morgan fingerprint density at radius 3 is 1.95 bits per heavy atom. The van der Waals surface area contributed by atoms with E-state index in [4.69, 9.17) is 0 Å². The highest BCUT2D eigenvalue weighted by Crippen LogP contribution is 2.23. The van der Waals surface area contributed by atoms with E-state index >= 15 is 0 Å². The molecule has 0 atom stereocenters. The molecular weight excluding hydrogens is 514 g/mol. The van der Waals surface area contributed by atoms with Crippen LogP contribution in [0, 0.1) is 6.92 Å². The second-order valence-corrected chi connectivity index (χ2v) is 11.6. The summed E-state index contributed by atoms with van der Waals surface area (Å²) < 4.78 is 54.2. The monoisotopic (exact) mass is 537 g/mol. The summed E-state index contributed by atoms with van der Waals surface area (Å²) in [6, 6.07) is 19.8. The molecule has 0 saturated carbocycles. The molecule has 12 heteroatoms. The van der Waals surface area contributed by atoms with Crippen molar-refractivity contribution in [3.05, 3.63) is 102 Å². The molecule has 1 amide bonds. The van der Waals surface area contributed by atoms with Gasteiger partial charge in [0.2, 0.25) is 5.95 Å². The zero-order chi connectivity index (χ0) is 26.6. The van der Waals surface area contributed by atoms with E-state index < -0.39 is 26.0 Å². The van der Waals surface area contributed by atoms with Gasteiger partial charge in [-0.2, -0.15) is 0 Å². The number of aryl methyl sites for hydroxylation is 1. The maximum Gasteiger partial charge on any atom is 0.264 e. The van der Waals surface area contributed by atoms with E-state index in [9.17, 15) is 21.6 Å². The number of nitrogens with zero attached hydrogens (tertiary/aromatic N) is 3. The van der Waals surface area contributed by atoms with Crippen molar-refractivity contribution in [1.82, 2.24) is 9.97 Å². The maximum atomic E-state index is 12.9. The van der Waals surface area contributed by atoms with E-state index in [0.29, 0.717) is 16.9 Å². The normalized spacial score (nSPS) is 11.5. The summed E-state index contributed by atoms with van der Waals surface area (Å²) in [5.41, 5.74) is 2.01. The molecule has 10 nitrogen and oxygen atoms in total. The van der Waals surface area contributed by atoms with Crippen LogP contribution < -0.4 is 14.3 Å². The van der Waals surface area contributed by atoms with Crippen LogP contribution in [0.15, 0.2) is 101 Å². The van der Waals surface area contributed by atoms with Gasteiger partial charge < -0.3 is 5.32 Å². The Morgan fingerprint density at radius 1 is 0.784 bits per heavy atom. The smallest absolute Gasteiger partial charge is 0.264 e. The Bertz CT molecular complexity index is 1610. The number of anilines is 3. The van der Waals surface area contributed by atoms with Crippen LogP contribution in [0.3, 0.4) is 0 Å². The molecule has 4 aromatic rings. The van der Waals surface area contributed by atoms with Crippen LogP contribution in [0.5, 0.6) is 0 Å². The highest BCUT2D eigenvalue weighted by Gasteiger charge is 2.21. The molecule has 3 aromatic carbocycles. The molecule has 0 aliphatic rings. The fourth-order valence-corrected chi connectivity index (χ4v) is 5.43. The number of aromatic nitrogens is 2. The van der Waals surface area contributed by atoms with Crippen LogP contribution in [-0.2, 0) is 20.0 Å². The molecule has 0 aliphatic heterocycles. The van der Waals surface area contributed by atoms with Crippen molar-refractivity contribution < 1.29 is 21.6 Å². The van der Waals surface area contributed by atoms with Crippen LogP contribution >= 0.6 is 0 Å². The number of nitrogens with one attached hydrogen (secondary N) is 2. The topological polar surface area (TPSA) is 138 Å². The summed E-state index contributed by atoms with van der Waals surface area (Å²) in [6.07, 6.45) is 2.83. The quantitative estimate of drug-likeness (QED) is 0.350. The molecule has 1 heterocycles. The van der Waals surface area contributed by atoms with Crippen molar-refractivity contribution in [3.63, 3.8) is 0 Å². The predicted molar refractivity (Wildman–Crippen MR) is 140 cm³/mol. The van der Waals surface area contributed by atoms with Crippen molar-refractivity contribution >= 4 is 43.3 Å². The van der Waals surface area contributed by atoms with Crippen molar-refractivity contribution in [2.45, 2.75) is 16.7 Å². The molecule has 0 bridgehead atoms. The first kappa shape index (κ1) is 25.8. The van der Waals surface area contributed by atoms with E-state index in [2.05, 4.69) is 20.0 Å². The Hall–Kier alpha value is -4.29. The minimum absolute atomic E-state index is 0.0277. The lowest BCUT2D eigenvalue weighted by atomic mass is 10.2. The summed E-state index contributed by atoms with van der Waals surface area (Å²) in [4.78, 5) is 20.5. The number of carbonyl (C=O) groups is 1. The minimum atomic E-state index is -3.90. The van der Waals surface area contributed by atoms with Gasteiger partial charge in [0.25, 0.3) is 26.0 Å². The van der Waals surface area contributed by atoms with Gasteiger partial charge in [-0.3, -0.25) is 9.10 Å². The molecule has 4 rings (SSSR count). The summed E-state index contributed by atoms with van der Waals surface area (Å²) >= 11 is 0. The van der Waals surface area contributed by atoms with Gasteiger partial charge in [-0.25, -0.2) is 31.5 Å². The number of hydrogen-bond donors (Lipinski definition) is 2. The molecule has 0 unspecified atom stereocenters. The van der Waals surface area contributed by atoms with Gasteiger partial charge in [-0.1, -0.05) is 17.7 Å². The SMILES string of the molecule is Cc1ccc(S(=O)(=O)N(C)c2ccc(C(=O)Nc3ccc(S(=O)(=O)Nc4ncccn4)cc3)cc2)cc1. The zero-order valence-electron chi connectivity index (χ0n) is 19.9. The van der Waals surface area contributed by atoms with Gasteiger partial charge in [-0.05, 0) is 73.7 Å².